The predicted octanol–water partition coefficient (Wildman–Crippen LogP) is 5.43. The summed E-state index contributed by atoms with van der Waals surface area (Å²) >= 11 is 1.53. The number of nitrogen functional groups attached to an aromatic ring is 1. The number of rotatable bonds is 7. The van der Waals surface area contributed by atoms with Crippen molar-refractivity contribution in [2.45, 2.75) is 19.9 Å². The molecule has 0 aliphatic carbocycles. The third-order valence-corrected chi connectivity index (χ3v) is 7.57. The van der Waals surface area contributed by atoms with E-state index in [2.05, 4.69) is 25.3 Å². The minimum Gasteiger partial charge on any atom is -0.481 e. The summed E-state index contributed by atoms with van der Waals surface area (Å²) in [6.45, 7) is 3.88. The van der Waals surface area contributed by atoms with E-state index in [1.165, 1.54) is 11.3 Å². The zero-order valence-corrected chi connectivity index (χ0v) is 23.4. The van der Waals surface area contributed by atoms with E-state index in [1.54, 1.807) is 36.3 Å². The van der Waals surface area contributed by atoms with Gasteiger partial charge in [-0.05, 0) is 49.2 Å². The monoisotopic (exact) mass is 562 g/mol. The Bertz CT molecular complexity index is 1940. The molecule has 204 valence electrons. The number of nitrogens with zero attached hydrogens (tertiary/aromatic N) is 6. The first-order valence-corrected chi connectivity index (χ1v) is 13.7. The molecule has 0 aliphatic heterocycles. The second-order valence-corrected chi connectivity index (χ2v) is 10.6. The highest BCUT2D eigenvalue weighted by atomic mass is 32.1. The van der Waals surface area contributed by atoms with Crippen molar-refractivity contribution in [2.75, 3.05) is 18.2 Å². The first kappa shape index (κ1) is 26.1. The molecule has 11 heteroatoms. The molecule has 0 bridgehead atoms. The highest BCUT2D eigenvalue weighted by molar-refractivity contribution is 7.15. The van der Waals surface area contributed by atoms with Crippen molar-refractivity contribution in [1.29, 1.82) is 0 Å². The molecule has 6 rings (SSSR count). The maximum absolute atomic E-state index is 14.4. The van der Waals surface area contributed by atoms with Crippen molar-refractivity contribution in [3.05, 3.63) is 100 Å². The normalized spacial score (nSPS) is 11.9. The molecule has 6 aromatic rings. The minimum atomic E-state index is -0.445. The smallest absolute Gasteiger partial charge is 0.266 e. The molecular weight excluding hydrogens is 536 g/mol. The van der Waals surface area contributed by atoms with Crippen molar-refractivity contribution in [3.63, 3.8) is 0 Å². The van der Waals surface area contributed by atoms with Crippen molar-refractivity contribution in [2.24, 2.45) is 0 Å². The first-order valence-electron chi connectivity index (χ1n) is 12.9. The number of hydrogen-bond acceptors (Lipinski definition) is 10. The maximum Gasteiger partial charge on any atom is 0.266 e. The highest BCUT2D eigenvalue weighted by Crippen LogP contribution is 2.34. The van der Waals surface area contributed by atoms with Crippen LogP contribution in [-0.4, -0.2) is 36.6 Å². The quantitative estimate of drug-likeness (QED) is 0.261. The number of hydrogen-bond donors (Lipinski definition) is 2. The van der Waals surface area contributed by atoms with Crippen LogP contribution in [0, 0.1) is 6.92 Å². The number of thiazole rings is 1. The number of nitrogens with one attached hydrogen (secondary N) is 1. The fourth-order valence-corrected chi connectivity index (χ4v) is 5.52. The van der Waals surface area contributed by atoms with Gasteiger partial charge in [0.25, 0.3) is 5.56 Å². The number of fused-ring (bicyclic) bond motifs is 1. The van der Waals surface area contributed by atoms with Crippen LogP contribution in [0.2, 0.25) is 0 Å². The van der Waals surface area contributed by atoms with E-state index in [9.17, 15) is 4.79 Å². The van der Waals surface area contributed by atoms with Crippen LogP contribution in [0.3, 0.4) is 0 Å². The van der Waals surface area contributed by atoms with E-state index in [-0.39, 0.29) is 11.5 Å². The van der Waals surface area contributed by atoms with Gasteiger partial charge in [0.1, 0.15) is 11.6 Å². The van der Waals surface area contributed by atoms with Gasteiger partial charge in [-0.2, -0.15) is 4.98 Å². The van der Waals surface area contributed by atoms with Gasteiger partial charge in [-0.15, -0.1) is 11.3 Å². The molecular formula is C30H26N8O2S. The molecule has 3 N–H and O–H groups in total. The van der Waals surface area contributed by atoms with Gasteiger partial charge in [-0.1, -0.05) is 30.3 Å². The van der Waals surface area contributed by atoms with E-state index in [0.29, 0.717) is 34.1 Å². The molecule has 4 aromatic heterocycles. The molecule has 41 heavy (non-hydrogen) atoms. The van der Waals surface area contributed by atoms with Crippen molar-refractivity contribution in [3.8, 4) is 33.1 Å². The van der Waals surface area contributed by atoms with E-state index in [0.717, 1.165) is 26.6 Å². The van der Waals surface area contributed by atoms with Gasteiger partial charge in [0.15, 0.2) is 0 Å². The van der Waals surface area contributed by atoms with Crippen molar-refractivity contribution in [1.82, 2.24) is 29.5 Å². The lowest BCUT2D eigenvalue weighted by atomic mass is 10.0. The molecule has 0 aliphatic rings. The second kappa shape index (κ2) is 10.8. The van der Waals surface area contributed by atoms with Crippen LogP contribution in [-0.2, 0) is 0 Å². The summed E-state index contributed by atoms with van der Waals surface area (Å²) in [5.41, 5.74) is 9.35. The average molecular weight is 563 g/mol. The lowest BCUT2D eigenvalue weighted by molar-refractivity contribution is 0.398. The Morgan fingerprint density at radius 1 is 0.976 bits per heavy atom. The number of anilines is 2. The van der Waals surface area contributed by atoms with E-state index in [1.807, 2.05) is 68.4 Å². The Kier molecular flexibility index (Phi) is 6.86. The number of aryl methyl sites for hydroxylation is 1. The molecule has 0 saturated heterocycles. The largest absolute Gasteiger partial charge is 0.481 e. The van der Waals surface area contributed by atoms with Crippen LogP contribution in [0.5, 0.6) is 5.88 Å². The van der Waals surface area contributed by atoms with Gasteiger partial charge in [0, 0.05) is 24.7 Å². The molecule has 0 radical (unpaired) electrons. The van der Waals surface area contributed by atoms with Gasteiger partial charge in [0.2, 0.25) is 11.8 Å². The molecule has 0 amide bonds. The predicted molar refractivity (Wildman–Crippen MR) is 161 cm³/mol. The van der Waals surface area contributed by atoms with Crippen LogP contribution in [0.4, 0.5) is 11.8 Å². The number of ether oxygens (including phenoxy) is 1. The SMILES string of the molecule is COc1cc(-c2cccc3nc([C@H](C)Nc4nc(N)ncc4-c4cnc(C)s4)n(-c4ccccc4)c(=O)c23)ccn1. The van der Waals surface area contributed by atoms with Gasteiger partial charge in [0.05, 0.1) is 45.2 Å². The van der Waals surface area contributed by atoms with Gasteiger partial charge in [-0.3, -0.25) is 9.36 Å². The number of aromatic nitrogens is 6. The molecule has 0 saturated carbocycles. The molecule has 10 nitrogen and oxygen atoms in total. The molecule has 0 fully saturated rings. The van der Waals surface area contributed by atoms with Gasteiger partial charge in [-0.25, -0.2) is 19.9 Å². The Hall–Kier alpha value is -5.16. The number of benzene rings is 2. The maximum atomic E-state index is 14.4. The number of methoxy groups -OCH3 is 1. The Balaban J connectivity index is 1.54. The zero-order valence-electron chi connectivity index (χ0n) is 22.6. The molecule has 4 heterocycles. The van der Waals surface area contributed by atoms with Crippen LogP contribution < -0.4 is 21.3 Å². The number of pyridine rings is 1. The summed E-state index contributed by atoms with van der Waals surface area (Å²) in [4.78, 5) is 37.6. The van der Waals surface area contributed by atoms with Crippen LogP contribution in [0.1, 0.15) is 23.8 Å². The van der Waals surface area contributed by atoms with E-state index < -0.39 is 6.04 Å². The number of nitrogens with two attached hydrogens (primary N) is 1. The summed E-state index contributed by atoms with van der Waals surface area (Å²) in [6, 6.07) is 18.3. The highest BCUT2D eigenvalue weighted by Gasteiger charge is 2.22. The topological polar surface area (TPSA) is 134 Å². The van der Waals surface area contributed by atoms with Crippen molar-refractivity contribution < 1.29 is 4.74 Å². The third kappa shape index (κ3) is 4.98. The molecule has 0 spiro atoms. The number of para-hydroxylation sites is 1. The first-order chi connectivity index (χ1) is 19.9. The summed E-state index contributed by atoms with van der Waals surface area (Å²) in [6.07, 6.45) is 5.12. The fraction of sp³-hybridized carbons (Fsp3) is 0.133. The summed E-state index contributed by atoms with van der Waals surface area (Å²) < 4.78 is 6.97. The van der Waals surface area contributed by atoms with Crippen LogP contribution in [0.25, 0.3) is 38.2 Å². The lowest BCUT2D eigenvalue weighted by Crippen LogP contribution is -2.28. The zero-order chi connectivity index (χ0) is 28.5. The van der Waals surface area contributed by atoms with Gasteiger partial charge < -0.3 is 15.8 Å². The molecule has 1 atom stereocenters. The standard InChI is InChI=1S/C30H26N8O2S/c1-17(35-27-22(15-34-30(31)37-27)24-16-33-18(2)41-24)28-36-23-11-7-10-21(19-12-13-32-25(14-19)40-3)26(23)29(39)38(28)20-8-5-4-6-9-20/h4-17H,1-3H3,(H3,31,34,35,37)/t17-/m0/s1. The molecule has 0 unspecified atom stereocenters. The lowest BCUT2D eigenvalue weighted by Gasteiger charge is -2.21. The summed E-state index contributed by atoms with van der Waals surface area (Å²) in [5, 5.41) is 4.86. The van der Waals surface area contributed by atoms with Crippen LogP contribution in [0.15, 0.2) is 84.0 Å². The van der Waals surface area contributed by atoms with Crippen molar-refractivity contribution >= 4 is 34.0 Å². The third-order valence-electron chi connectivity index (χ3n) is 6.63. The Morgan fingerprint density at radius 2 is 1.80 bits per heavy atom. The Labute approximate surface area is 239 Å². The summed E-state index contributed by atoms with van der Waals surface area (Å²) in [7, 11) is 1.56. The van der Waals surface area contributed by atoms with E-state index >= 15 is 0 Å². The second-order valence-electron chi connectivity index (χ2n) is 9.33. The fourth-order valence-electron chi connectivity index (χ4n) is 4.73. The molecule has 2 aromatic carbocycles. The average Bonchev–Trinajstić information content (AvgIpc) is 3.43. The minimum absolute atomic E-state index is 0.133. The Morgan fingerprint density at radius 3 is 2.56 bits per heavy atom. The van der Waals surface area contributed by atoms with Gasteiger partial charge >= 0.3 is 0 Å². The van der Waals surface area contributed by atoms with Crippen LogP contribution >= 0.6 is 11.3 Å². The summed E-state index contributed by atoms with van der Waals surface area (Å²) in [5.74, 6) is 1.64. The van der Waals surface area contributed by atoms with E-state index in [4.69, 9.17) is 15.5 Å².